The minimum absolute atomic E-state index is 0.118. The van der Waals surface area contributed by atoms with Gasteiger partial charge in [0.15, 0.2) is 0 Å². The molecule has 0 amide bonds. The minimum Gasteiger partial charge on any atom is -0.497 e. The molecular formula is C22H19BrN2O3S. The summed E-state index contributed by atoms with van der Waals surface area (Å²) in [4.78, 5) is 1.17. The fourth-order valence-electron chi connectivity index (χ4n) is 3.88. The number of benzene rings is 2. The molecule has 3 heterocycles. The predicted molar refractivity (Wildman–Crippen MR) is 117 cm³/mol. The summed E-state index contributed by atoms with van der Waals surface area (Å²) in [6, 6.07) is 18.3. The zero-order valence-corrected chi connectivity index (χ0v) is 18.4. The lowest BCUT2D eigenvalue weighted by atomic mass is 9.97. The second-order valence-electron chi connectivity index (χ2n) is 6.87. The maximum absolute atomic E-state index is 6.43. The van der Waals surface area contributed by atoms with Crippen LogP contribution in [-0.2, 0) is 0 Å². The monoisotopic (exact) mass is 470 g/mol. The molecule has 29 heavy (non-hydrogen) atoms. The number of fused-ring (bicyclic) bond motifs is 3. The third-order valence-corrected chi connectivity index (χ3v) is 6.94. The van der Waals surface area contributed by atoms with Crippen molar-refractivity contribution in [3.05, 3.63) is 74.4 Å². The van der Waals surface area contributed by atoms with E-state index in [2.05, 4.69) is 39.1 Å². The normalized spacial score (nSPS) is 19.8. The standard InChI is InChI=1S/C22H19BrN2O3S/c1-26-13-7-8-15(19(11-13)27-2)22-25-17(14-5-3-4-6-18(14)28-22)12-16(24-25)20-9-10-21(23)29-20/h3-11,17,22H,12H2,1-2H3/t17-,22+/m1/s1. The van der Waals surface area contributed by atoms with Gasteiger partial charge in [-0.25, -0.2) is 5.01 Å². The Balaban J connectivity index is 1.61. The van der Waals surface area contributed by atoms with Crippen LogP contribution in [0.3, 0.4) is 0 Å². The fourth-order valence-corrected chi connectivity index (χ4v) is 5.26. The molecule has 2 atom stereocenters. The molecule has 0 bridgehead atoms. The van der Waals surface area contributed by atoms with E-state index in [4.69, 9.17) is 19.3 Å². The maximum atomic E-state index is 6.43. The van der Waals surface area contributed by atoms with Crippen LogP contribution in [0.25, 0.3) is 0 Å². The number of hydrogen-bond donors (Lipinski definition) is 0. The van der Waals surface area contributed by atoms with Gasteiger partial charge in [-0.05, 0) is 46.3 Å². The molecule has 7 heteroatoms. The Hall–Kier alpha value is -2.51. The average molecular weight is 471 g/mol. The second-order valence-corrected chi connectivity index (χ2v) is 9.33. The zero-order valence-electron chi connectivity index (χ0n) is 16.0. The van der Waals surface area contributed by atoms with Gasteiger partial charge in [-0.3, -0.25) is 0 Å². The van der Waals surface area contributed by atoms with Crippen LogP contribution in [-0.4, -0.2) is 24.9 Å². The van der Waals surface area contributed by atoms with E-state index in [0.29, 0.717) is 0 Å². The Bertz CT molecular complexity index is 1100. The smallest absolute Gasteiger partial charge is 0.217 e. The molecule has 5 nitrogen and oxygen atoms in total. The molecule has 2 aliphatic heterocycles. The van der Waals surface area contributed by atoms with E-state index in [1.54, 1.807) is 25.6 Å². The summed E-state index contributed by atoms with van der Waals surface area (Å²) in [6.07, 6.45) is 0.458. The number of thiophene rings is 1. The Kier molecular flexibility index (Phi) is 4.72. The van der Waals surface area contributed by atoms with E-state index in [-0.39, 0.29) is 12.3 Å². The van der Waals surface area contributed by atoms with Gasteiger partial charge in [-0.1, -0.05) is 18.2 Å². The first-order chi connectivity index (χ1) is 14.2. The highest BCUT2D eigenvalue weighted by atomic mass is 79.9. The molecule has 5 rings (SSSR count). The van der Waals surface area contributed by atoms with Crippen LogP contribution in [0.1, 0.15) is 34.7 Å². The van der Waals surface area contributed by atoms with Crippen molar-refractivity contribution < 1.29 is 14.2 Å². The molecular weight excluding hydrogens is 452 g/mol. The van der Waals surface area contributed by atoms with E-state index in [1.165, 1.54) is 4.88 Å². The van der Waals surface area contributed by atoms with Crippen molar-refractivity contribution in [2.45, 2.75) is 18.7 Å². The number of ether oxygens (including phenoxy) is 3. The van der Waals surface area contributed by atoms with Crippen LogP contribution in [0.2, 0.25) is 0 Å². The molecule has 3 aromatic rings. The third kappa shape index (κ3) is 3.18. The number of halogens is 1. The number of nitrogens with zero attached hydrogens (tertiary/aromatic N) is 2. The summed E-state index contributed by atoms with van der Waals surface area (Å²) in [7, 11) is 3.31. The molecule has 0 saturated heterocycles. The minimum atomic E-state index is -0.378. The van der Waals surface area contributed by atoms with E-state index in [0.717, 1.165) is 44.3 Å². The summed E-state index contributed by atoms with van der Waals surface area (Å²) < 4.78 is 18.5. The van der Waals surface area contributed by atoms with Crippen molar-refractivity contribution in [3.63, 3.8) is 0 Å². The zero-order chi connectivity index (χ0) is 20.0. The number of hydrogen-bond acceptors (Lipinski definition) is 6. The molecule has 2 aliphatic rings. The average Bonchev–Trinajstić information content (AvgIpc) is 3.39. The van der Waals surface area contributed by atoms with Crippen LogP contribution >= 0.6 is 27.3 Å². The highest BCUT2D eigenvalue weighted by Gasteiger charge is 2.42. The van der Waals surface area contributed by atoms with Gasteiger partial charge < -0.3 is 14.2 Å². The van der Waals surface area contributed by atoms with Gasteiger partial charge in [0.1, 0.15) is 17.2 Å². The lowest BCUT2D eigenvalue weighted by Gasteiger charge is -2.38. The Labute approximate surface area is 181 Å². The molecule has 0 unspecified atom stereocenters. The SMILES string of the molecule is COc1ccc([C@@H]2Oc3ccccc3[C@H]3CC(c4ccc(Br)s4)=NN32)c(OC)c1. The largest absolute Gasteiger partial charge is 0.497 e. The topological polar surface area (TPSA) is 43.3 Å². The summed E-state index contributed by atoms with van der Waals surface area (Å²) in [5.74, 6) is 2.35. The van der Waals surface area contributed by atoms with Crippen LogP contribution < -0.4 is 14.2 Å². The fraction of sp³-hybridized carbons (Fsp3) is 0.227. The molecule has 1 aromatic heterocycles. The van der Waals surface area contributed by atoms with Crippen LogP contribution in [0.5, 0.6) is 17.2 Å². The highest BCUT2D eigenvalue weighted by molar-refractivity contribution is 9.11. The maximum Gasteiger partial charge on any atom is 0.217 e. The summed E-state index contributed by atoms with van der Waals surface area (Å²) >= 11 is 5.26. The van der Waals surface area contributed by atoms with E-state index >= 15 is 0 Å². The number of para-hydroxylation sites is 1. The molecule has 0 saturated carbocycles. The molecule has 0 fully saturated rings. The van der Waals surface area contributed by atoms with Gasteiger partial charge in [0, 0.05) is 18.1 Å². The van der Waals surface area contributed by atoms with Crippen molar-refractivity contribution in [1.29, 1.82) is 0 Å². The highest BCUT2D eigenvalue weighted by Crippen LogP contribution is 2.49. The first-order valence-electron chi connectivity index (χ1n) is 9.27. The van der Waals surface area contributed by atoms with E-state index in [9.17, 15) is 0 Å². The van der Waals surface area contributed by atoms with Crippen LogP contribution in [0.4, 0.5) is 0 Å². The molecule has 0 aliphatic carbocycles. The first kappa shape index (κ1) is 18.5. The van der Waals surface area contributed by atoms with Gasteiger partial charge in [0.05, 0.1) is 40.2 Å². The van der Waals surface area contributed by atoms with E-state index < -0.39 is 0 Å². The van der Waals surface area contributed by atoms with Crippen LogP contribution in [0, 0.1) is 0 Å². The Morgan fingerprint density at radius 2 is 1.93 bits per heavy atom. The van der Waals surface area contributed by atoms with Crippen molar-refractivity contribution in [3.8, 4) is 17.2 Å². The molecule has 0 N–H and O–H groups in total. The molecule has 2 aromatic carbocycles. The van der Waals surface area contributed by atoms with Gasteiger partial charge in [0.2, 0.25) is 6.23 Å². The molecule has 0 radical (unpaired) electrons. The summed E-state index contributed by atoms with van der Waals surface area (Å²) in [5.41, 5.74) is 3.15. The number of rotatable bonds is 4. The number of hydrazone groups is 1. The Morgan fingerprint density at radius 1 is 1.07 bits per heavy atom. The second kappa shape index (κ2) is 7.39. The van der Waals surface area contributed by atoms with Gasteiger partial charge >= 0.3 is 0 Å². The van der Waals surface area contributed by atoms with Gasteiger partial charge in [-0.2, -0.15) is 5.10 Å². The van der Waals surface area contributed by atoms with Crippen molar-refractivity contribution in [2.75, 3.05) is 14.2 Å². The van der Waals surface area contributed by atoms with Gasteiger partial charge in [0.25, 0.3) is 0 Å². The lowest BCUT2D eigenvalue weighted by Crippen LogP contribution is -2.33. The van der Waals surface area contributed by atoms with Crippen molar-refractivity contribution >= 4 is 33.0 Å². The van der Waals surface area contributed by atoms with Crippen molar-refractivity contribution in [1.82, 2.24) is 5.01 Å². The molecule has 148 valence electrons. The summed E-state index contributed by atoms with van der Waals surface area (Å²) in [5, 5.41) is 7.06. The third-order valence-electron chi connectivity index (χ3n) is 5.26. The van der Waals surface area contributed by atoms with E-state index in [1.807, 2.05) is 36.4 Å². The van der Waals surface area contributed by atoms with Crippen LogP contribution in [0.15, 0.2) is 63.5 Å². The Morgan fingerprint density at radius 3 is 2.69 bits per heavy atom. The van der Waals surface area contributed by atoms with Crippen molar-refractivity contribution in [2.24, 2.45) is 5.10 Å². The first-order valence-corrected chi connectivity index (χ1v) is 10.9. The quantitative estimate of drug-likeness (QED) is 0.485. The lowest BCUT2D eigenvalue weighted by molar-refractivity contribution is -0.0203. The number of methoxy groups -OCH3 is 2. The van der Waals surface area contributed by atoms with Gasteiger partial charge in [-0.15, -0.1) is 11.3 Å². The predicted octanol–water partition coefficient (Wildman–Crippen LogP) is 5.77. The summed E-state index contributed by atoms with van der Waals surface area (Å²) in [6.45, 7) is 0. The molecule has 0 spiro atoms.